The second kappa shape index (κ2) is 7.48. The van der Waals surface area contributed by atoms with Crippen LogP contribution in [0.25, 0.3) is 0 Å². The molecule has 1 saturated heterocycles. The summed E-state index contributed by atoms with van der Waals surface area (Å²) in [6.45, 7) is 4.37. The molecule has 1 aliphatic heterocycles. The van der Waals surface area contributed by atoms with Gasteiger partial charge < -0.3 is 0 Å². The number of carbonyl (C=O) groups excluding carboxylic acids is 1. The maximum absolute atomic E-state index is 14.1. The van der Waals surface area contributed by atoms with Gasteiger partial charge in [-0.15, -0.1) is 0 Å². The highest BCUT2D eigenvalue weighted by Gasteiger charge is 2.72. The fraction of sp³-hybridized carbons (Fsp3) is 0.480. The van der Waals surface area contributed by atoms with Crippen LogP contribution in [0.3, 0.4) is 0 Å². The van der Waals surface area contributed by atoms with E-state index in [9.17, 15) is 13.2 Å². The Morgan fingerprint density at radius 1 is 1.16 bits per heavy atom. The summed E-state index contributed by atoms with van der Waals surface area (Å²) in [4.78, 5) is 14.1. The maximum atomic E-state index is 14.1. The van der Waals surface area contributed by atoms with Crippen molar-refractivity contribution in [1.82, 2.24) is 4.31 Å². The second-order valence-electron chi connectivity index (χ2n) is 10.2. The quantitative estimate of drug-likeness (QED) is 0.551. The Hall–Kier alpha value is -1.56. The van der Waals surface area contributed by atoms with E-state index in [2.05, 4.69) is 13.8 Å². The Bertz CT molecular complexity index is 1180. The average molecular weight is 492 g/mol. The molecule has 4 nitrogen and oxygen atoms in total. The SMILES string of the molecule is CC1(C)C2CCC13CS(=O)(=O)N(C(=O)[C@@H](Cc1ccccc1)c1ccc(Cl)cc1Cl)C3C2. The number of hydrogen-bond acceptors (Lipinski definition) is 3. The van der Waals surface area contributed by atoms with E-state index < -0.39 is 15.9 Å². The molecule has 0 N–H and O–H groups in total. The second-order valence-corrected chi connectivity index (χ2v) is 12.9. The first-order valence-electron chi connectivity index (χ1n) is 11.1. The molecule has 4 atom stereocenters. The lowest BCUT2D eigenvalue weighted by molar-refractivity contribution is -0.130. The molecule has 3 unspecified atom stereocenters. The molecule has 2 bridgehead atoms. The first kappa shape index (κ1) is 22.2. The van der Waals surface area contributed by atoms with Crippen molar-refractivity contribution >= 4 is 39.1 Å². The van der Waals surface area contributed by atoms with E-state index in [-0.39, 0.29) is 28.5 Å². The van der Waals surface area contributed by atoms with E-state index in [1.807, 2.05) is 30.3 Å². The van der Waals surface area contributed by atoms with Gasteiger partial charge in [0.25, 0.3) is 0 Å². The van der Waals surface area contributed by atoms with Crippen molar-refractivity contribution < 1.29 is 13.2 Å². The summed E-state index contributed by atoms with van der Waals surface area (Å²) in [6.07, 6.45) is 3.03. The van der Waals surface area contributed by atoms with Crippen LogP contribution >= 0.6 is 23.2 Å². The molecule has 170 valence electrons. The van der Waals surface area contributed by atoms with Gasteiger partial charge in [0.05, 0.1) is 17.7 Å². The number of benzene rings is 2. The largest absolute Gasteiger partial charge is 0.273 e. The van der Waals surface area contributed by atoms with Gasteiger partial charge in [-0.25, -0.2) is 12.7 Å². The minimum Gasteiger partial charge on any atom is -0.273 e. The lowest BCUT2D eigenvalue weighted by atomic mass is 9.69. The molecule has 7 heteroatoms. The smallest absolute Gasteiger partial charge is 0.244 e. The van der Waals surface area contributed by atoms with Crippen molar-refractivity contribution in [3.8, 4) is 0 Å². The van der Waals surface area contributed by atoms with E-state index in [1.54, 1.807) is 18.2 Å². The molecule has 2 aliphatic carbocycles. The van der Waals surface area contributed by atoms with Crippen molar-refractivity contribution in [3.63, 3.8) is 0 Å². The number of nitrogens with zero attached hydrogens (tertiary/aromatic N) is 1. The fourth-order valence-electron chi connectivity index (χ4n) is 6.70. The van der Waals surface area contributed by atoms with Gasteiger partial charge >= 0.3 is 0 Å². The highest BCUT2D eigenvalue weighted by molar-refractivity contribution is 7.90. The van der Waals surface area contributed by atoms with Gasteiger partial charge in [0, 0.05) is 15.5 Å². The first-order chi connectivity index (χ1) is 15.1. The van der Waals surface area contributed by atoms with Crippen LogP contribution in [0.4, 0.5) is 0 Å². The summed E-state index contributed by atoms with van der Waals surface area (Å²) in [5.41, 5.74) is 1.12. The van der Waals surface area contributed by atoms with Crippen LogP contribution in [0.1, 0.15) is 50.2 Å². The zero-order valence-electron chi connectivity index (χ0n) is 18.2. The summed E-state index contributed by atoms with van der Waals surface area (Å²) in [5, 5.41) is 0.860. The first-order valence-corrected chi connectivity index (χ1v) is 13.5. The van der Waals surface area contributed by atoms with E-state index in [0.29, 0.717) is 27.9 Å². The minimum absolute atomic E-state index is 0.0618. The monoisotopic (exact) mass is 491 g/mol. The Morgan fingerprint density at radius 2 is 1.88 bits per heavy atom. The highest BCUT2D eigenvalue weighted by Crippen LogP contribution is 2.70. The molecule has 32 heavy (non-hydrogen) atoms. The summed E-state index contributed by atoms with van der Waals surface area (Å²) >= 11 is 12.6. The Labute approximate surface area is 200 Å². The van der Waals surface area contributed by atoms with Gasteiger partial charge in [0.2, 0.25) is 15.9 Å². The number of rotatable bonds is 4. The number of hydrogen-bond donors (Lipinski definition) is 0. The minimum atomic E-state index is -3.71. The molecule has 3 fully saturated rings. The van der Waals surface area contributed by atoms with Crippen LogP contribution in [0.5, 0.6) is 0 Å². The number of fused-ring (bicyclic) bond motifs is 1. The number of halogens is 2. The Morgan fingerprint density at radius 3 is 2.53 bits per heavy atom. The van der Waals surface area contributed by atoms with Crippen LogP contribution in [0, 0.1) is 16.7 Å². The summed E-state index contributed by atoms with van der Waals surface area (Å²) in [5.74, 6) is -0.561. The van der Waals surface area contributed by atoms with Crippen LogP contribution in [0.15, 0.2) is 48.5 Å². The lowest BCUT2D eigenvalue weighted by Gasteiger charge is -2.37. The molecule has 3 aliphatic rings. The normalized spacial score (nSPS) is 30.3. The molecule has 0 radical (unpaired) electrons. The standard InChI is InChI=1S/C25H27Cl2NO3S/c1-24(2)17-10-11-25(24)15-32(30,31)28(22(25)13-17)23(29)20(12-16-6-4-3-5-7-16)19-9-8-18(26)14-21(19)27/h3-9,14,17,20,22H,10-13,15H2,1-2H3/t17?,20-,22?,25?/m0/s1. The Kier molecular flexibility index (Phi) is 5.20. The molecule has 2 aromatic carbocycles. The molecule has 5 rings (SSSR count). The van der Waals surface area contributed by atoms with Crippen LogP contribution < -0.4 is 0 Å². The van der Waals surface area contributed by atoms with Crippen LogP contribution in [-0.4, -0.2) is 30.4 Å². The van der Waals surface area contributed by atoms with Gasteiger partial charge in [-0.2, -0.15) is 0 Å². The third-order valence-electron chi connectivity index (χ3n) is 8.55. The summed E-state index contributed by atoms with van der Waals surface area (Å²) in [6, 6.07) is 14.5. The molecular formula is C25H27Cl2NO3S. The van der Waals surface area contributed by atoms with Crippen molar-refractivity contribution in [2.75, 3.05) is 5.75 Å². The van der Waals surface area contributed by atoms with Gasteiger partial charge in [0.15, 0.2) is 0 Å². The predicted octanol–water partition coefficient (Wildman–Crippen LogP) is 5.69. The number of carbonyl (C=O) groups is 1. The molecule has 1 amide bonds. The molecular weight excluding hydrogens is 465 g/mol. The molecule has 2 aromatic rings. The van der Waals surface area contributed by atoms with E-state index in [4.69, 9.17) is 23.2 Å². The molecule has 1 heterocycles. The third-order valence-corrected chi connectivity index (χ3v) is 11.0. The fourth-order valence-corrected chi connectivity index (χ4v) is 9.81. The zero-order chi connectivity index (χ0) is 22.9. The van der Waals surface area contributed by atoms with Gasteiger partial charge in [-0.1, -0.05) is 73.4 Å². The van der Waals surface area contributed by atoms with Gasteiger partial charge in [-0.05, 0) is 60.3 Å². The third kappa shape index (κ3) is 3.15. The summed E-state index contributed by atoms with van der Waals surface area (Å²) < 4.78 is 28.2. The zero-order valence-corrected chi connectivity index (χ0v) is 20.6. The molecule has 2 saturated carbocycles. The van der Waals surface area contributed by atoms with E-state index >= 15 is 0 Å². The predicted molar refractivity (Wildman–Crippen MR) is 127 cm³/mol. The van der Waals surface area contributed by atoms with Crippen LogP contribution in [0.2, 0.25) is 10.0 Å². The van der Waals surface area contributed by atoms with Crippen molar-refractivity contribution in [2.24, 2.45) is 16.7 Å². The van der Waals surface area contributed by atoms with Crippen LogP contribution in [-0.2, 0) is 21.2 Å². The van der Waals surface area contributed by atoms with Crippen molar-refractivity contribution in [1.29, 1.82) is 0 Å². The summed E-state index contributed by atoms with van der Waals surface area (Å²) in [7, 11) is -3.71. The van der Waals surface area contributed by atoms with E-state index in [0.717, 1.165) is 24.8 Å². The lowest BCUT2D eigenvalue weighted by Crippen LogP contribution is -2.46. The number of amides is 1. The highest BCUT2D eigenvalue weighted by atomic mass is 35.5. The molecule has 1 spiro atoms. The molecule has 0 aromatic heterocycles. The van der Waals surface area contributed by atoms with Crippen molar-refractivity contribution in [2.45, 2.75) is 51.5 Å². The average Bonchev–Trinajstić information content (AvgIpc) is 3.21. The number of sulfonamides is 1. The van der Waals surface area contributed by atoms with Gasteiger partial charge in [-0.3, -0.25) is 4.79 Å². The Balaban J connectivity index is 1.58. The van der Waals surface area contributed by atoms with E-state index in [1.165, 1.54) is 4.31 Å². The van der Waals surface area contributed by atoms with Gasteiger partial charge in [0.1, 0.15) is 0 Å². The van der Waals surface area contributed by atoms with Crippen molar-refractivity contribution in [3.05, 3.63) is 69.7 Å². The topological polar surface area (TPSA) is 54.5 Å². The maximum Gasteiger partial charge on any atom is 0.244 e.